The number of carbonyl (C=O) groups excluding carboxylic acids is 1. The second-order valence-corrected chi connectivity index (χ2v) is 6.90. The van der Waals surface area contributed by atoms with Crippen LogP contribution in [-0.4, -0.2) is 35.2 Å². The number of halogens is 3. The van der Waals surface area contributed by atoms with Crippen molar-refractivity contribution in [3.63, 3.8) is 0 Å². The summed E-state index contributed by atoms with van der Waals surface area (Å²) in [6, 6.07) is 4.98. The van der Waals surface area contributed by atoms with Gasteiger partial charge in [0.15, 0.2) is 0 Å². The summed E-state index contributed by atoms with van der Waals surface area (Å²) < 4.78 is 38.2. The highest BCUT2D eigenvalue weighted by atomic mass is 32.2. The van der Waals surface area contributed by atoms with Crippen LogP contribution in [-0.2, 0) is 11.0 Å². The molecule has 1 aliphatic carbocycles. The van der Waals surface area contributed by atoms with Crippen molar-refractivity contribution < 1.29 is 23.1 Å². The summed E-state index contributed by atoms with van der Waals surface area (Å²) in [5, 5.41) is 12.0. The van der Waals surface area contributed by atoms with Gasteiger partial charge in [-0.2, -0.15) is 24.9 Å². The van der Waals surface area contributed by atoms with Crippen LogP contribution in [0.15, 0.2) is 24.3 Å². The number of nitrogens with one attached hydrogen (secondary N) is 1. The number of aliphatic hydroxyl groups excluding tert-OH is 1. The van der Waals surface area contributed by atoms with Gasteiger partial charge < -0.3 is 10.4 Å². The predicted molar refractivity (Wildman–Crippen MR) is 84.3 cm³/mol. The molecule has 1 aliphatic rings. The normalized spacial score (nSPS) is 23.2. The van der Waals surface area contributed by atoms with Gasteiger partial charge in [0.25, 0.3) is 0 Å². The lowest BCUT2D eigenvalue weighted by Crippen LogP contribution is -2.42. The molecular weight excluding hydrogens is 327 g/mol. The van der Waals surface area contributed by atoms with Crippen molar-refractivity contribution in [3.8, 4) is 0 Å². The Morgan fingerprint density at radius 3 is 2.74 bits per heavy atom. The molecule has 1 saturated carbocycles. The maximum atomic E-state index is 12.7. The van der Waals surface area contributed by atoms with Crippen LogP contribution in [0.1, 0.15) is 30.4 Å². The van der Waals surface area contributed by atoms with Crippen molar-refractivity contribution in [2.24, 2.45) is 5.92 Å². The third kappa shape index (κ3) is 4.41. The summed E-state index contributed by atoms with van der Waals surface area (Å²) in [7, 11) is 0. The Hall–Kier alpha value is -1.21. The summed E-state index contributed by atoms with van der Waals surface area (Å²) in [4.78, 5) is 12.2. The molecule has 7 heteroatoms. The van der Waals surface area contributed by atoms with E-state index < -0.39 is 11.7 Å². The van der Waals surface area contributed by atoms with Gasteiger partial charge >= 0.3 is 6.18 Å². The van der Waals surface area contributed by atoms with Crippen LogP contribution in [0.2, 0.25) is 0 Å². The summed E-state index contributed by atoms with van der Waals surface area (Å²) >= 11 is 1.46. The smallest absolute Gasteiger partial charge is 0.395 e. The van der Waals surface area contributed by atoms with E-state index in [4.69, 9.17) is 0 Å². The van der Waals surface area contributed by atoms with Crippen LogP contribution in [0.3, 0.4) is 0 Å². The Labute approximate surface area is 137 Å². The van der Waals surface area contributed by atoms with Gasteiger partial charge in [-0.05, 0) is 37.1 Å². The minimum atomic E-state index is -4.37. The van der Waals surface area contributed by atoms with Crippen molar-refractivity contribution in [1.29, 1.82) is 0 Å². The number of aliphatic hydroxyl groups is 1. The second kappa shape index (κ2) is 7.13. The number of amides is 1. The summed E-state index contributed by atoms with van der Waals surface area (Å²) in [5.41, 5.74) is -0.131. The minimum Gasteiger partial charge on any atom is -0.395 e. The Morgan fingerprint density at radius 1 is 1.48 bits per heavy atom. The number of thioether (sulfide) groups is 1. The summed E-state index contributed by atoms with van der Waals surface area (Å²) in [5.74, 6) is -0.610. The SMILES string of the molecule is CSC(CO)C(C)NC(=O)C1CC1c1cccc(C(F)(F)F)c1. The number of carbonyl (C=O) groups is 1. The first-order valence-electron chi connectivity index (χ1n) is 7.39. The molecule has 4 unspecified atom stereocenters. The molecule has 1 fully saturated rings. The van der Waals surface area contributed by atoms with Crippen molar-refractivity contribution in [1.82, 2.24) is 5.32 Å². The molecule has 0 radical (unpaired) electrons. The molecule has 0 aromatic heterocycles. The van der Waals surface area contributed by atoms with Crippen molar-refractivity contribution in [2.45, 2.75) is 36.7 Å². The van der Waals surface area contributed by atoms with Gasteiger partial charge in [0.05, 0.1) is 12.2 Å². The third-order valence-electron chi connectivity index (χ3n) is 4.18. The first-order chi connectivity index (χ1) is 10.8. The minimum absolute atomic E-state index is 0.0374. The molecule has 23 heavy (non-hydrogen) atoms. The summed E-state index contributed by atoms with van der Waals surface area (Å²) in [6.07, 6.45) is -1.96. The number of rotatable bonds is 6. The molecular formula is C16H20F3NO2S. The first kappa shape index (κ1) is 18.1. The standard InChI is InChI=1S/C16H20F3NO2S/c1-9(14(8-21)23-2)20-15(22)13-7-12(13)10-4-3-5-11(6-10)16(17,18)19/h3-6,9,12-14,21H,7-8H2,1-2H3,(H,20,22). The number of hydrogen-bond donors (Lipinski definition) is 2. The lowest BCUT2D eigenvalue weighted by atomic mass is 10.0. The molecule has 0 saturated heterocycles. The molecule has 1 aromatic carbocycles. The van der Waals surface area contributed by atoms with Crippen LogP contribution < -0.4 is 5.32 Å². The Morgan fingerprint density at radius 2 is 2.17 bits per heavy atom. The van der Waals surface area contributed by atoms with Crippen LogP contribution in [0.25, 0.3) is 0 Å². The van der Waals surface area contributed by atoms with E-state index in [9.17, 15) is 23.1 Å². The Kier molecular flexibility index (Phi) is 5.62. The largest absolute Gasteiger partial charge is 0.416 e. The van der Waals surface area contributed by atoms with E-state index in [0.29, 0.717) is 12.0 Å². The average molecular weight is 347 g/mol. The van der Waals surface area contributed by atoms with Crippen LogP contribution in [0.5, 0.6) is 0 Å². The average Bonchev–Trinajstić information content (AvgIpc) is 3.28. The predicted octanol–water partition coefficient (Wildman–Crippen LogP) is 3.04. The molecule has 4 atom stereocenters. The van der Waals surface area contributed by atoms with Gasteiger partial charge in [0.1, 0.15) is 0 Å². The molecule has 1 amide bonds. The Bertz CT molecular complexity index is 561. The molecule has 0 spiro atoms. The van der Waals surface area contributed by atoms with Crippen molar-refractivity contribution in [3.05, 3.63) is 35.4 Å². The lowest BCUT2D eigenvalue weighted by Gasteiger charge is -2.21. The Balaban J connectivity index is 1.98. The van der Waals surface area contributed by atoms with E-state index in [1.165, 1.54) is 17.8 Å². The van der Waals surface area contributed by atoms with Crippen LogP contribution in [0, 0.1) is 5.92 Å². The maximum Gasteiger partial charge on any atom is 0.416 e. The highest BCUT2D eigenvalue weighted by Gasteiger charge is 2.45. The van der Waals surface area contributed by atoms with E-state index in [2.05, 4.69) is 5.32 Å². The molecule has 3 nitrogen and oxygen atoms in total. The van der Waals surface area contributed by atoms with E-state index in [0.717, 1.165) is 12.1 Å². The molecule has 1 aromatic rings. The molecule has 0 bridgehead atoms. The van der Waals surface area contributed by atoms with Gasteiger partial charge in [-0.25, -0.2) is 0 Å². The third-order valence-corrected chi connectivity index (χ3v) is 5.34. The van der Waals surface area contributed by atoms with E-state index >= 15 is 0 Å². The lowest BCUT2D eigenvalue weighted by molar-refractivity contribution is -0.137. The fraction of sp³-hybridized carbons (Fsp3) is 0.562. The summed E-state index contributed by atoms with van der Waals surface area (Å²) in [6.45, 7) is 1.78. The molecule has 0 aliphatic heterocycles. The van der Waals surface area contributed by atoms with Gasteiger partial charge in [0, 0.05) is 17.2 Å². The molecule has 2 rings (SSSR count). The van der Waals surface area contributed by atoms with Gasteiger partial charge in [-0.15, -0.1) is 0 Å². The number of benzene rings is 1. The monoisotopic (exact) mass is 347 g/mol. The zero-order chi connectivity index (χ0) is 17.2. The van der Waals surface area contributed by atoms with E-state index in [1.807, 2.05) is 13.2 Å². The van der Waals surface area contributed by atoms with Crippen molar-refractivity contribution in [2.75, 3.05) is 12.9 Å². The fourth-order valence-electron chi connectivity index (χ4n) is 2.66. The fourth-order valence-corrected chi connectivity index (χ4v) is 3.29. The molecule has 2 N–H and O–H groups in total. The molecule has 128 valence electrons. The van der Waals surface area contributed by atoms with Gasteiger partial charge in [0.2, 0.25) is 5.91 Å². The van der Waals surface area contributed by atoms with Crippen LogP contribution >= 0.6 is 11.8 Å². The van der Waals surface area contributed by atoms with E-state index in [-0.39, 0.29) is 35.6 Å². The zero-order valence-electron chi connectivity index (χ0n) is 12.9. The highest BCUT2D eigenvalue weighted by Crippen LogP contribution is 2.48. The quantitative estimate of drug-likeness (QED) is 0.832. The molecule has 0 heterocycles. The van der Waals surface area contributed by atoms with Gasteiger partial charge in [-0.1, -0.05) is 18.2 Å². The van der Waals surface area contributed by atoms with Crippen LogP contribution in [0.4, 0.5) is 13.2 Å². The number of hydrogen-bond acceptors (Lipinski definition) is 3. The second-order valence-electron chi connectivity index (χ2n) is 5.83. The van der Waals surface area contributed by atoms with E-state index in [1.54, 1.807) is 6.07 Å². The van der Waals surface area contributed by atoms with Gasteiger partial charge in [-0.3, -0.25) is 4.79 Å². The maximum absolute atomic E-state index is 12.7. The van der Waals surface area contributed by atoms with Crippen molar-refractivity contribution >= 4 is 17.7 Å². The highest BCUT2D eigenvalue weighted by molar-refractivity contribution is 7.99. The topological polar surface area (TPSA) is 49.3 Å². The number of alkyl halides is 3. The zero-order valence-corrected chi connectivity index (χ0v) is 13.7. The first-order valence-corrected chi connectivity index (χ1v) is 8.68.